The first kappa shape index (κ1) is 16.2. The summed E-state index contributed by atoms with van der Waals surface area (Å²) in [5, 5.41) is 0. The molecule has 0 aliphatic carbocycles. The molecule has 0 saturated carbocycles. The van der Waals surface area contributed by atoms with E-state index >= 15 is 0 Å². The van der Waals surface area contributed by atoms with Crippen molar-refractivity contribution >= 4 is 0 Å². The Balaban J connectivity index is 3.93. The van der Waals surface area contributed by atoms with Crippen LogP contribution >= 0.6 is 0 Å². The van der Waals surface area contributed by atoms with E-state index in [0.717, 1.165) is 12.8 Å². The Hall–Kier alpha value is -0.780. The second-order valence-electron chi connectivity index (χ2n) is 6.26. The highest BCUT2D eigenvalue weighted by Crippen LogP contribution is 2.27. The maximum absolute atomic E-state index is 4.17. The fourth-order valence-electron chi connectivity index (χ4n) is 1.56. The molecule has 17 heavy (non-hydrogen) atoms. The molecule has 0 aromatic carbocycles. The van der Waals surface area contributed by atoms with Crippen LogP contribution in [0.3, 0.4) is 0 Å². The predicted molar refractivity (Wildman–Crippen MR) is 80.3 cm³/mol. The Kier molecular flexibility index (Phi) is 7.18. The van der Waals surface area contributed by atoms with Crippen LogP contribution in [0, 0.1) is 5.41 Å². The molecule has 0 N–H and O–H groups in total. The average Bonchev–Trinajstić information content (AvgIpc) is 2.15. The summed E-state index contributed by atoms with van der Waals surface area (Å²) in [5.41, 5.74) is 4.53. The van der Waals surface area contributed by atoms with Gasteiger partial charge in [0.1, 0.15) is 0 Å². The number of rotatable bonds is 6. The van der Waals surface area contributed by atoms with Gasteiger partial charge in [-0.05, 0) is 51.9 Å². The van der Waals surface area contributed by atoms with Crippen molar-refractivity contribution < 1.29 is 0 Å². The first-order valence-electron chi connectivity index (χ1n) is 6.70. The van der Waals surface area contributed by atoms with Gasteiger partial charge in [0, 0.05) is 0 Å². The van der Waals surface area contributed by atoms with Gasteiger partial charge in [0.15, 0.2) is 0 Å². The summed E-state index contributed by atoms with van der Waals surface area (Å²) < 4.78 is 0. The summed E-state index contributed by atoms with van der Waals surface area (Å²) >= 11 is 0. The SMILES string of the molecule is C=C(CC/C=C(\C)CCC=C(C)C)C(C)(C)C. The van der Waals surface area contributed by atoms with Crippen LogP contribution in [0.1, 0.15) is 67.2 Å². The molecule has 98 valence electrons. The molecule has 0 rings (SSSR count). The third kappa shape index (κ3) is 8.97. The zero-order valence-electron chi connectivity index (χ0n) is 12.7. The van der Waals surface area contributed by atoms with E-state index in [4.69, 9.17) is 0 Å². The van der Waals surface area contributed by atoms with E-state index < -0.39 is 0 Å². The first-order chi connectivity index (χ1) is 7.73. The van der Waals surface area contributed by atoms with E-state index in [2.05, 4.69) is 60.3 Å². The molecule has 0 heterocycles. The summed E-state index contributed by atoms with van der Waals surface area (Å²) in [6, 6.07) is 0. The zero-order valence-corrected chi connectivity index (χ0v) is 12.7. The van der Waals surface area contributed by atoms with Crippen LogP contribution in [0.5, 0.6) is 0 Å². The smallest absolute Gasteiger partial charge is 0.0176 e. The van der Waals surface area contributed by atoms with E-state index in [1.807, 2.05) is 0 Å². The lowest BCUT2D eigenvalue weighted by molar-refractivity contribution is 0.485. The fraction of sp³-hybridized carbons (Fsp3) is 0.647. The van der Waals surface area contributed by atoms with Crippen molar-refractivity contribution in [2.45, 2.75) is 67.2 Å². The molecule has 0 heteroatoms. The van der Waals surface area contributed by atoms with Gasteiger partial charge in [-0.15, -0.1) is 0 Å². The molecule has 0 spiro atoms. The second-order valence-corrected chi connectivity index (χ2v) is 6.26. The third-order valence-corrected chi connectivity index (χ3v) is 3.09. The highest BCUT2D eigenvalue weighted by atomic mass is 14.2. The van der Waals surface area contributed by atoms with Crippen molar-refractivity contribution in [3.05, 3.63) is 35.5 Å². The summed E-state index contributed by atoms with van der Waals surface area (Å²) in [6.07, 6.45) is 9.29. The Bertz CT molecular complexity index is 290. The normalized spacial score (nSPS) is 12.5. The standard InChI is InChI=1S/C17H30/c1-14(2)10-8-11-15(3)12-9-13-16(4)17(5,6)7/h10,12H,4,8-9,11,13H2,1-3,5-7H3/b15-12+. The van der Waals surface area contributed by atoms with Crippen LogP contribution in [-0.2, 0) is 0 Å². The van der Waals surface area contributed by atoms with E-state index in [1.54, 1.807) is 0 Å². The minimum Gasteiger partial charge on any atom is -0.0993 e. The molecule has 0 saturated heterocycles. The highest BCUT2D eigenvalue weighted by Gasteiger charge is 2.13. The van der Waals surface area contributed by atoms with Crippen molar-refractivity contribution in [2.24, 2.45) is 5.41 Å². The van der Waals surface area contributed by atoms with E-state index in [9.17, 15) is 0 Å². The van der Waals surface area contributed by atoms with Crippen molar-refractivity contribution in [1.29, 1.82) is 0 Å². The first-order valence-corrected chi connectivity index (χ1v) is 6.70. The molecule has 0 aromatic rings. The molecule has 0 nitrogen and oxygen atoms in total. The van der Waals surface area contributed by atoms with E-state index in [-0.39, 0.29) is 5.41 Å². The van der Waals surface area contributed by atoms with Gasteiger partial charge >= 0.3 is 0 Å². The van der Waals surface area contributed by atoms with E-state index in [0.29, 0.717) is 0 Å². The van der Waals surface area contributed by atoms with Gasteiger partial charge in [-0.1, -0.05) is 56.2 Å². The minimum atomic E-state index is 0.254. The Morgan fingerprint density at radius 2 is 1.47 bits per heavy atom. The van der Waals surface area contributed by atoms with Gasteiger partial charge in [0.25, 0.3) is 0 Å². The average molecular weight is 234 g/mol. The van der Waals surface area contributed by atoms with Crippen LogP contribution in [0.4, 0.5) is 0 Å². The lowest BCUT2D eigenvalue weighted by Gasteiger charge is -2.21. The maximum atomic E-state index is 4.17. The second kappa shape index (κ2) is 7.53. The largest absolute Gasteiger partial charge is 0.0993 e. The molecule has 0 aliphatic heterocycles. The fourth-order valence-corrected chi connectivity index (χ4v) is 1.56. The molecule has 0 aromatic heterocycles. The summed E-state index contributed by atoms with van der Waals surface area (Å²) in [7, 11) is 0. The molecule has 0 atom stereocenters. The topological polar surface area (TPSA) is 0 Å². The molecular weight excluding hydrogens is 204 g/mol. The van der Waals surface area contributed by atoms with Crippen LogP contribution < -0.4 is 0 Å². The summed E-state index contributed by atoms with van der Waals surface area (Å²) in [6.45, 7) is 17.4. The maximum Gasteiger partial charge on any atom is -0.0176 e. The van der Waals surface area contributed by atoms with Crippen molar-refractivity contribution in [3.8, 4) is 0 Å². The number of hydrogen-bond donors (Lipinski definition) is 0. The van der Waals surface area contributed by atoms with E-state index in [1.165, 1.54) is 29.6 Å². The van der Waals surface area contributed by atoms with Gasteiger partial charge in [-0.3, -0.25) is 0 Å². The number of allylic oxidation sites excluding steroid dienone is 5. The number of hydrogen-bond acceptors (Lipinski definition) is 0. The van der Waals surface area contributed by atoms with Crippen molar-refractivity contribution in [1.82, 2.24) is 0 Å². The lowest BCUT2D eigenvalue weighted by Crippen LogP contribution is -2.07. The van der Waals surface area contributed by atoms with Crippen LogP contribution in [-0.4, -0.2) is 0 Å². The van der Waals surface area contributed by atoms with Gasteiger partial charge in [-0.2, -0.15) is 0 Å². The Labute approximate surface area is 109 Å². The van der Waals surface area contributed by atoms with Crippen LogP contribution in [0.2, 0.25) is 0 Å². The Morgan fingerprint density at radius 3 is 1.94 bits per heavy atom. The highest BCUT2D eigenvalue weighted by molar-refractivity contribution is 5.08. The molecule has 0 radical (unpaired) electrons. The van der Waals surface area contributed by atoms with Crippen LogP contribution in [0.15, 0.2) is 35.5 Å². The monoisotopic (exact) mass is 234 g/mol. The lowest BCUT2D eigenvalue weighted by atomic mass is 9.85. The third-order valence-electron chi connectivity index (χ3n) is 3.09. The van der Waals surface area contributed by atoms with Crippen molar-refractivity contribution in [2.75, 3.05) is 0 Å². The Morgan fingerprint density at radius 1 is 0.941 bits per heavy atom. The van der Waals surface area contributed by atoms with Crippen molar-refractivity contribution in [3.63, 3.8) is 0 Å². The van der Waals surface area contributed by atoms with Gasteiger partial charge in [0.05, 0.1) is 0 Å². The predicted octanol–water partition coefficient (Wildman–Crippen LogP) is 6.06. The quantitative estimate of drug-likeness (QED) is 0.490. The molecular formula is C17H30. The van der Waals surface area contributed by atoms with Gasteiger partial charge in [-0.25, -0.2) is 0 Å². The minimum absolute atomic E-state index is 0.254. The summed E-state index contributed by atoms with van der Waals surface area (Å²) in [5.74, 6) is 0. The molecule has 0 amide bonds. The molecule has 0 fully saturated rings. The van der Waals surface area contributed by atoms with Gasteiger partial charge < -0.3 is 0 Å². The molecule has 0 unspecified atom stereocenters. The summed E-state index contributed by atoms with van der Waals surface area (Å²) in [4.78, 5) is 0. The van der Waals surface area contributed by atoms with Crippen LogP contribution in [0.25, 0.3) is 0 Å². The van der Waals surface area contributed by atoms with Gasteiger partial charge in [0.2, 0.25) is 0 Å². The zero-order chi connectivity index (χ0) is 13.5. The molecule has 0 bridgehead atoms. The molecule has 0 aliphatic rings.